The first kappa shape index (κ1) is 35.7. The highest BCUT2D eigenvalue weighted by Crippen LogP contribution is 2.48. The average molecular weight is 599 g/mol. The molecule has 2 N–H and O–H groups in total. The number of hydrogen-bond acceptors (Lipinski definition) is 2. The molecule has 0 saturated heterocycles. The van der Waals surface area contributed by atoms with Crippen LogP contribution in [0.4, 0.5) is 0 Å². The summed E-state index contributed by atoms with van der Waals surface area (Å²) in [4.78, 5) is 0. The minimum atomic E-state index is -0.215. The van der Waals surface area contributed by atoms with Crippen molar-refractivity contribution in [2.24, 2.45) is 0 Å². The molecule has 3 aromatic carbocycles. The van der Waals surface area contributed by atoms with Crippen LogP contribution in [0.25, 0.3) is 22.3 Å². The lowest BCUT2D eigenvalue weighted by Gasteiger charge is -2.33. The topological polar surface area (TPSA) is 40.5 Å². The lowest BCUT2D eigenvalue weighted by atomic mass is 9.71. The van der Waals surface area contributed by atoms with Crippen LogP contribution in [-0.4, -0.2) is 10.2 Å². The zero-order chi connectivity index (χ0) is 34.2. The zero-order valence-corrected chi connectivity index (χ0v) is 31.4. The highest BCUT2D eigenvalue weighted by Gasteiger charge is 2.32. The molecule has 0 aliphatic rings. The van der Waals surface area contributed by atoms with Crippen LogP contribution in [0.2, 0.25) is 0 Å². The van der Waals surface area contributed by atoms with E-state index < -0.39 is 0 Å². The van der Waals surface area contributed by atoms with Crippen molar-refractivity contribution in [2.45, 2.75) is 157 Å². The molecule has 44 heavy (non-hydrogen) atoms. The molecule has 0 atom stereocenters. The van der Waals surface area contributed by atoms with Crippen LogP contribution >= 0.6 is 0 Å². The molecular weight excluding hydrogens is 536 g/mol. The Bertz CT molecular complexity index is 1350. The molecule has 0 heterocycles. The molecule has 0 bridgehead atoms. The number of benzene rings is 3. The van der Waals surface area contributed by atoms with Gasteiger partial charge in [-0.1, -0.05) is 125 Å². The molecular formula is C42H62O2. The van der Waals surface area contributed by atoms with Crippen molar-refractivity contribution in [3.63, 3.8) is 0 Å². The third-order valence-corrected chi connectivity index (χ3v) is 8.85. The molecule has 0 radical (unpaired) electrons. The Morgan fingerprint density at radius 3 is 0.636 bits per heavy atom. The van der Waals surface area contributed by atoms with Crippen LogP contribution in [0.15, 0.2) is 36.4 Å². The lowest BCUT2D eigenvalue weighted by Crippen LogP contribution is -2.20. The first-order valence-corrected chi connectivity index (χ1v) is 16.4. The molecule has 3 rings (SSSR count). The number of aromatic hydroxyl groups is 2. The van der Waals surface area contributed by atoms with Crippen molar-refractivity contribution in [1.29, 1.82) is 0 Å². The Labute approximate surface area is 270 Å². The lowest BCUT2D eigenvalue weighted by molar-refractivity contribution is 0.422. The number of phenols is 2. The summed E-state index contributed by atoms with van der Waals surface area (Å²) < 4.78 is 0. The summed E-state index contributed by atoms with van der Waals surface area (Å²) in [5.74, 6) is 0.819. The maximum Gasteiger partial charge on any atom is 0.123 e. The molecule has 0 aliphatic carbocycles. The number of phenolic OH excluding ortho intramolecular Hbond substituents is 2. The standard InChI is InChI=1S/C42H62O2/c1-37(2,3)29-23-28(26-21-33(41(13,14)15)36(44)34(22-26)42(16,17)18)30(38(4,5)6)24-27(29)25-19-31(39(7,8)9)35(43)32(20-25)40(10,11)12/h19-24,43-44H,1-18H3. The quantitative estimate of drug-likeness (QED) is 0.308. The van der Waals surface area contributed by atoms with Gasteiger partial charge in [-0.2, -0.15) is 0 Å². The van der Waals surface area contributed by atoms with Crippen molar-refractivity contribution < 1.29 is 10.2 Å². The highest BCUT2D eigenvalue weighted by atomic mass is 16.3. The summed E-state index contributed by atoms with van der Waals surface area (Å²) in [5, 5.41) is 23.0. The van der Waals surface area contributed by atoms with Gasteiger partial charge in [0.25, 0.3) is 0 Å². The molecule has 2 heteroatoms. The second kappa shape index (κ2) is 11.0. The van der Waals surface area contributed by atoms with E-state index >= 15 is 0 Å². The monoisotopic (exact) mass is 598 g/mol. The third-order valence-electron chi connectivity index (χ3n) is 8.85. The molecule has 0 spiro atoms. The summed E-state index contributed by atoms with van der Waals surface area (Å²) in [7, 11) is 0. The number of hydrogen-bond donors (Lipinski definition) is 2. The fraction of sp³-hybridized carbons (Fsp3) is 0.571. The van der Waals surface area contributed by atoms with E-state index in [1.54, 1.807) is 0 Å². The summed E-state index contributed by atoms with van der Waals surface area (Å²) in [6, 6.07) is 13.7. The van der Waals surface area contributed by atoms with Crippen LogP contribution in [-0.2, 0) is 32.5 Å². The van der Waals surface area contributed by atoms with Gasteiger partial charge in [-0.15, -0.1) is 0 Å². The van der Waals surface area contributed by atoms with Crippen molar-refractivity contribution >= 4 is 0 Å². The van der Waals surface area contributed by atoms with Crippen molar-refractivity contribution in [1.82, 2.24) is 0 Å². The van der Waals surface area contributed by atoms with Gasteiger partial charge in [0.05, 0.1) is 0 Å². The van der Waals surface area contributed by atoms with Gasteiger partial charge in [0.1, 0.15) is 11.5 Å². The van der Waals surface area contributed by atoms with E-state index in [0.29, 0.717) is 11.5 Å². The van der Waals surface area contributed by atoms with Gasteiger partial charge in [-0.05, 0) is 102 Å². The average Bonchev–Trinajstić information content (AvgIpc) is 2.79. The minimum Gasteiger partial charge on any atom is -0.507 e. The molecule has 3 aromatic rings. The van der Waals surface area contributed by atoms with Crippen molar-refractivity contribution in [3.05, 3.63) is 69.8 Å². The van der Waals surface area contributed by atoms with E-state index in [-0.39, 0.29) is 32.5 Å². The van der Waals surface area contributed by atoms with E-state index in [2.05, 4.69) is 161 Å². The molecule has 242 valence electrons. The Balaban J connectivity index is 2.60. The Morgan fingerprint density at radius 1 is 0.295 bits per heavy atom. The van der Waals surface area contributed by atoms with Crippen LogP contribution in [0.1, 0.15) is 158 Å². The summed E-state index contributed by atoms with van der Waals surface area (Å²) >= 11 is 0. The molecule has 0 amide bonds. The molecule has 0 fully saturated rings. The van der Waals surface area contributed by atoms with E-state index in [1.165, 1.54) is 22.3 Å². The van der Waals surface area contributed by atoms with Gasteiger partial charge in [0.15, 0.2) is 0 Å². The first-order chi connectivity index (χ1) is 19.5. The summed E-state index contributed by atoms with van der Waals surface area (Å²) in [6.07, 6.45) is 0. The smallest absolute Gasteiger partial charge is 0.123 e. The van der Waals surface area contributed by atoms with E-state index in [4.69, 9.17) is 0 Å². The van der Waals surface area contributed by atoms with Gasteiger partial charge < -0.3 is 10.2 Å². The molecule has 0 aromatic heterocycles. The largest absolute Gasteiger partial charge is 0.507 e. The zero-order valence-electron chi connectivity index (χ0n) is 31.4. The van der Waals surface area contributed by atoms with Crippen LogP contribution in [0.3, 0.4) is 0 Å². The van der Waals surface area contributed by atoms with E-state index in [1.807, 2.05) is 0 Å². The summed E-state index contributed by atoms with van der Waals surface area (Å²) in [5.41, 5.74) is 10.0. The van der Waals surface area contributed by atoms with Gasteiger partial charge in [0.2, 0.25) is 0 Å². The fourth-order valence-electron chi connectivity index (χ4n) is 6.19. The van der Waals surface area contributed by atoms with Gasteiger partial charge in [-0.3, -0.25) is 0 Å². The van der Waals surface area contributed by atoms with Gasteiger partial charge >= 0.3 is 0 Å². The maximum atomic E-state index is 11.5. The Morgan fingerprint density at radius 2 is 0.477 bits per heavy atom. The molecule has 2 nitrogen and oxygen atoms in total. The second-order valence-corrected chi connectivity index (χ2v) is 19.3. The van der Waals surface area contributed by atoms with Crippen molar-refractivity contribution in [3.8, 4) is 33.8 Å². The van der Waals surface area contributed by atoms with Crippen LogP contribution < -0.4 is 0 Å². The molecule has 0 aliphatic heterocycles. The first-order valence-electron chi connectivity index (χ1n) is 16.4. The Kier molecular flexibility index (Phi) is 8.90. The van der Waals surface area contributed by atoms with E-state index in [0.717, 1.165) is 33.4 Å². The second-order valence-electron chi connectivity index (χ2n) is 19.3. The van der Waals surface area contributed by atoms with Gasteiger partial charge in [0, 0.05) is 22.3 Å². The maximum absolute atomic E-state index is 11.5. The van der Waals surface area contributed by atoms with Crippen LogP contribution in [0.5, 0.6) is 11.5 Å². The van der Waals surface area contributed by atoms with Crippen LogP contribution in [0, 0.1) is 0 Å². The Hall–Kier alpha value is -2.74. The molecule has 0 saturated carbocycles. The predicted molar refractivity (Wildman–Crippen MR) is 193 cm³/mol. The third kappa shape index (κ3) is 7.21. The van der Waals surface area contributed by atoms with E-state index in [9.17, 15) is 10.2 Å². The van der Waals surface area contributed by atoms with Gasteiger partial charge in [-0.25, -0.2) is 0 Å². The number of rotatable bonds is 2. The summed E-state index contributed by atoms with van der Waals surface area (Å²) in [6.45, 7) is 39.9. The predicted octanol–water partition coefficient (Wildman–Crippen LogP) is 12.2. The normalized spacial score (nSPS) is 13.9. The SMILES string of the molecule is CC(C)(C)c1cc(-c2cc(C(C)(C)C)c(O)c(C(C)(C)C)c2)c(C(C)(C)C)cc1-c1cc(C(C)(C)C)c(O)c(C(C)(C)C)c1. The molecule has 0 unspecified atom stereocenters. The highest BCUT2D eigenvalue weighted by molar-refractivity contribution is 5.81. The van der Waals surface area contributed by atoms with Crippen molar-refractivity contribution in [2.75, 3.05) is 0 Å². The fourth-order valence-corrected chi connectivity index (χ4v) is 6.19. The minimum absolute atomic E-state index is 0.140.